The van der Waals surface area contributed by atoms with Gasteiger partial charge in [0, 0.05) is 25.3 Å². The number of nitrogens with zero attached hydrogens (tertiary/aromatic N) is 1. The van der Waals surface area contributed by atoms with Crippen molar-refractivity contribution in [2.45, 2.75) is 13.3 Å². The number of carbonyl (C=O) groups is 1. The first kappa shape index (κ1) is 11.9. The van der Waals surface area contributed by atoms with Crippen molar-refractivity contribution in [1.82, 2.24) is 10.3 Å². The Kier molecular flexibility index (Phi) is 3.93. The Balaban J connectivity index is 1.79. The normalized spacial score (nSPS) is 19.0. The van der Waals surface area contributed by atoms with E-state index >= 15 is 0 Å². The monoisotopic (exact) mass is 235 g/mol. The van der Waals surface area contributed by atoms with E-state index in [4.69, 9.17) is 4.74 Å². The molecule has 1 aliphatic rings. The molecule has 0 bridgehead atoms. The Morgan fingerprint density at radius 1 is 1.65 bits per heavy atom. The quantitative estimate of drug-likeness (QED) is 0.835. The molecule has 1 aromatic heterocycles. The van der Waals surface area contributed by atoms with E-state index < -0.39 is 0 Å². The predicted molar refractivity (Wildman–Crippen MR) is 64.9 cm³/mol. The van der Waals surface area contributed by atoms with Crippen molar-refractivity contribution < 1.29 is 9.53 Å². The van der Waals surface area contributed by atoms with Gasteiger partial charge in [-0.15, -0.1) is 0 Å². The fourth-order valence-corrected chi connectivity index (χ4v) is 1.75. The Bertz CT molecular complexity index is 389. The number of aromatic nitrogens is 1. The van der Waals surface area contributed by atoms with Crippen LogP contribution in [0.5, 0.6) is 0 Å². The smallest absolute Gasteiger partial charge is 0.320 e. The molecule has 2 amide bonds. The summed E-state index contributed by atoms with van der Waals surface area (Å²) in [5.74, 6) is 1.04. The molecule has 0 aliphatic carbocycles. The summed E-state index contributed by atoms with van der Waals surface area (Å²) in [5.41, 5.74) is 0.951. The van der Waals surface area contributed by atoms with Crippen molar-refractivity contribution in [2.75, 3.05) is 25.1 Å². The van der Waals surface area contributed by atoms with Gasteiger partial charge in [0.15, 0.2) is 0 Å². The molecular formula is C12H17N3O2. The second kappa shape index (κ2) is 5.63. The van der Waals surface area contributed by atoms with Crippen LogP contribution in [0.1, 0.15) is 12.0 Å². The lowest BCUT2D eigenvalue weighted by Crippen LogP contribution is -2.33. The lowest BCUT2D eigenvalue weighted by molar-refractivity contribution is 0.185. The van der Waals surface area contributed by atoms with E-state index in [9.17, 15) is 4.79 Å². The van der Waals surface area contributed by atoms with Crippen LogP contribution in [-0.2, 0) is 4.74 Å². The topological polar surface area (TPSA) is 63.2 Å². The molecule has 0 spiro atoms. The molecule has 0 aromatic carbocycles. The number of hydrogen-bond acceptors (Lipinski definition) is 3. The summed E-state index contributed by atoms with van der Waals surface area (Å²) in [4.78, 5) is 15.7. The van der Waals surface area contributed by atoms with Crippen LogP contribution in [-0.4, -0.2) is 30.8 Å². The molecule has 1 atom stereocenters. The van der Waals surface area contributed by atoms with Gasteiger partial charge in [-0.3, -0.25) is 5.32 Å². The van der Waals surface area contributed by atoms with Gasteiger partial charge in [-0.1, -0.05) is 6.07 Å². The van der Waals surface area contributed by atoms with Gasteiger partial charge < -0.3 is 10.1 Å². The maximum atomic E-state index is 11.6. The summed E-state index contributed by atoms with van der Waals surface area (Å²) in [5, 5.41) is 5.56. The molecule has 2 rings (SSSR count). The summed E-state index contributed by atoms with van der Waals surface area (Å²) < 4.78 is 5.24. The molecular weight excluding hydrogens is 218 g/mol. The number of amides is 2. The molecule has 5 heteroatoms. The Morgan fingerprint density at radius 2 is 2.53 bits per heavy atom. The molecule has 1 aromatic rings. The Hall–Kier alpha value is -1.62. The van der Waals surface area contributed by atoms with Gasteiger partial charge >= 0.3 is 6.03 Å². The SMILES string of the molecule is Cc1cccnc1NC(=O)NCC1CCOC1. The van der Waals surface area contributed by atoms with Crippen LogP contribution in [0.25, 0.3) is 0 Å². The van der Waals surface area contributed by atoms with Crippen LogP contribution in [0.4, 0.5) is 10.6 Å². The third-order valence-electron chi connectivity index (χ3n) is 2.82. The summed E-state index contributed by atoms with van der Waals surface area (Å²) >= 11 is 0. The average molecular weight is 235 g/mol. The number of rotatable bonds is 3. The number of urea groups is 1. The second-order valence-electron chi connectivity index (χ2n) is 4.23. The predicted octanol–water partition coefficient (Wildman–Crippen LogP) is 1.55. The van der Waals surface area contributed by atoms with E-state index in [1.807, 2.05) is 19.1 Å². The standard InChI is InChI=1S/C12H17N3O2/c1-9-3-2-5-13-11(9)15-12(16)14-7-10-4-6-17-8-10/h2-3,5,10H,4,6-8H2,1H3,(H2,13,14,15,16). The number of nitrogens with one attached hydrogen (secondary N) is 2. The molecule has 1 fully saturated rings. The minimum Gasteiger partial charge on any atom is -0.381 e. The average Bonchev–Trinajstić information content (AvgIpc) is 2.82. The molecule has 92 valence electrons. The molecule has 1 saturated heterocycles. The van der Waals surface area contributed by atoms with E-state index in [-0.39, 0.29) is 6.03 Å². The maximum absolute atomic E-state index is 11.6. The molecule has 1 aliphatic heterocycles. The van der Waals surface area contributed by atoms with Crippen LogP contribution >= 0.6 is 0 Å². The molecule has 5 nitrogen and oxygen atoms in total. The maximum Gasteiger partial charge on any atom is 0.320 e. The van der Waals surface area contributed by atoms with Crippen LogP contribution in [0, 0.1) is 12.8 Å². The number of carbonyl (C=O) groups excluding carboxylic acids is 1. The zero-order valence-corrected chi connectivity index (χ0v) is 9.90. The number of anilines is 1. The van der Waals surface area contributed by atoms with E-state index in [1.165, 1.54) is 0 Å². The fourth-order valence-electron chi connectivity index (χ4n) is 1.75. The summed E-state index contributed by atoms with van der Waals surface area (Å²) in [7, 11) is 0. The van der Waals surface area contributed by atoms with Crippen molar-refractivity contribution >= 4 is 11.8 Å². The summed E-state index contributed by atoms with van der Waals surface area (Å²) in [6, 6.07) is 3.54. The molecule has 0 saturated carbocycles. The lowest BCUT2D eigenvalue weighted by Gasteiger charge is -2.11. The highest BCUT2D eigenvalue weighted by atomic mass is 16.5. The highest BCUT2D eigenvalue weighted by molar-refractivity contribution is 5.88. The van der Waals surface area contributed by atoms with Crippen LogP contribution in [0.3, 0.4) is 0 Å². The van der Waals surface area contributed by atoms with Crippen LogP contribution in [0.2, 0.25) is 0 Å². The highest BCUT2D eigenvalue weighted by Gasteiger charge is 2.16. The second-order valence-corrected chi connectivity index (χ2v) is 4.23. The van der Waals surface area contributed by atoms with Crippen molar-refractivity contribution in [2.24, 2.45) is 5.92 Å². The minimum atomic E-state index is -0.210. The first-order valence-electron chi connectivity index (χ1n) is 5.80. The van der Waals surface area contributed by atoms with E-state index in [0.717, 1.165) is 25.2 Å². The first-order valence-corrected chi connectivity index (χ1v) is 5.80. The van der Waals surface area contributed by atoms with Gasteiger partial charge in [-0.2, -0.15) is 0 Å². The fraction of sp³-hybridized carbons (Fsp3) is 0.500. The molecule has 1 unspecified atom stereocenters. The Morgan fingerprint density at radius 3 is 3.24 bits per heavy atom. The number of ether oxygens (including phenoxy) is 1. The van der Waals surface area contributed by atoms with Gasteiger partial charge in [-0.25, -0.2) is 9.78 Å². The summed E-state index contributed by atoms with van der Waals surface area (Å²) in [6.07, 6.45) is 2.68. The van der Waals surface area contributed by atoms with Crippen LogP contribution in [0.15, 0.2) is 18.3 Å². The van der Waals surface area contributed by atoms with Gasteiger partial charge in [-0.05, 0) is 25.0 Å². The lowest BCUT2D eigenvalue weighted by atomic mass is 10.1. The number of aryl methyl sites for hydroxylation is 1. The summed E-state index contributed by atoms with van der Waals surface area (Å²) in [6.45, 7) is 4.10. The zero-order chi connectivity index (χ0) is 12.1. The van der Waals surface area contributed by atoms with Crippen molar-refractivity contribution in [1.29, 1.82) is 0 Å². The van der Waals surface area contributed by atoms with E-state index in [0.29, 0.717) is 18.3 Å². The molecule has 17 heavy (non-hydrogen) atoms. The first-order chi connectivity index (χ1) is 8.25. The van der Waals surface area contributed by atoms with Gasteiger partial charge in [0.05, 0.1) is 6.61 Å². The van der Waals surface area contributed by atoms with Crippen LogP contribution < -0.4 is 10.6 Å². The minimum absolute atomic E-state index is 0.210. The number of pyridine rings is 1. The van der Waals surface area contributed by atoms with Crippen molar-refractivity contribution in [3.8, 4) is 0 Å². The highest BCUT2D eigenvalue weighted by Crippen LogP contribution is 2.11. The van der Waals surface area contributed by atoms with E-state index in [2.05, 4.69) is 15.6 Å². The third kappa shape index (κ3) is 3.42. The van der Waals surface area contributed by atoms with Gasteiger partial charge in [0.2, 0.25) is 0 Å². The zero-order valence-electron chi connectivity index (χ0n) is 9.90. The molecule has 2 N–H and O–H groups in total. The number of hydrogen-bond donors (Lipinski definition) is 2. The largest absolute Gasteiger partial charge is 0.381 e. The van der Waals surface area contributed by atoms with E-state index in [1.54, 1.807) is 6.20 Å². The van der Waals surface area contributed by atoms with Gasteiger partial charge in [0.1, 0.15) is 5.82 Å². The van der Waals surface area contributed by atoms with Gasteiger partial charge in [0.25, 0.3) is 0 Å². The third-order valence-corrected chi connectivity index (χ3v) is 2.82. The molecule has 2 heterocycles. The Labute approximate surface area is 101 Å². The molecule has 0 radical (unpaired) electrons. The van der Waals surface area contributed by atoms with Crippen molar-refractivity contribution in [3.05, 3.63) is 23.9 Å². The van der Waals surface area contributed by atoms with Crippen molar-refractivity contribution in [3.63, 3.8) is 0 Å².